The molecular formula is C22H24N4S2. The Labute approximate surface area is 174 Å². The summed E-state index contributed by atoms with van der Waals surface area (Å²) in [5.74, 6) is 1.09. The summed E-state index contributed by atoms with van der Waals surface area (Å²) in [4.78, 5) is 12.7. The zero-order valence-electron chi connectivity index (χ0n) is 16.2. The third kappa shape index (κ3) is 4.29. The molecule has 1 N–H and O–H groups in total. The molecule has 0 aliphatic heterocycles. The van der Waals surface area contributed by atoms with Crippen molar-refractivity contribution in [2.45, 2.75) is 18.7 Å². The van der Waals surface area contributed by atoms with Gasteiger partial charge in [-0.05, 0) is 55.6 Å². The van der Waals surface area contributed by atoms with Crippen LogP contribution in [0.5, 0.6) is 0 Å². The van der Waals surface area contributed by atoms with Crippen molar-refractivity contribution < 1.29 is 0 Å². The van der Waals surface area contributed by atoms with E-state index in [4.69, 9.17) is 0 Å². The van der Waals surface area contributed by atoms with Crippen LogP contribution >= 0.6 is 23.1 Å². The van der Waals surface area contributed by atoms with Crippen LogP contribution in [0, 0.1) is 0 Å². The molecule has 0 radical (unpaired) electrons. The maximum absolute atomic E-state index is 4.53. The van der Waals surface area contributed by atoms with Crippen molar-refractivity contribution in [2.75, 3.05) is 30.7 Å². The molecule has 2 aromatic carbocycles. The number of nitrogens with one attached hydrogen (secondary N) is 1. The van der Waals surface area contributed by atoms with Gasteiger partial charge in [-0.2, -0.15) is 0 Å². The van der Waals surface area contributed by atoms with Gasteiger partial charge >= 0.3 is 0 Å². The van der Waals surface area contributed by atoms with Crippen molar-refractivity contribution in [2.24, 2.45) is 0 Å². The Morgan fingerprint density at radius 2 is 1.89 bits per heavy atom. The van der Waals surface area contributed by atoms with Crippen LogP contribution in [0.1, 0.15) is 13.8 Å². The van der Waals surface area contributed by atoms with Crippen molar-refractivity contribution in [3.8, 4) is 0 Å². The van der Waals surface area contributed by atoms with Crippen LogP contribution in [0.3, 0.4) is 0 Å². The van der Waals surface area contributed by atoms with Gasteiger partial charge in [-0.25, -0.2) is 4.98 Å². The van der Waals surface area contributed by atoms with E-state index in [1.54, 1.807) is 11.3 Å². The smallest absolute Gasteiger partial charge is 0.0832 e. The molecule has 0 saturated heterocycles. The molecule has 2 heterocycles. The number of aromatic nitrogens is 2. The number of fused-ring (bicyclic) bond motifs is 2. The first-order valence-electron chi connectivity index (χ1n) is 9.61. The Kier molecular flexibility index (Phi) is 6.10. The Hall–Kier alpha value is -2.15. The van der Waals surface area contributed by atoms with Crippen molar-refractivity contribution in [1.29, 1.82) is 0 Å². The minimum atomic E-state index is 1.01. The average molecular weight is 409 g/mol. The van der Waals surface area contributed by atoms with Crippen LogP contribution in [0.2, 0.25) is 0 Å². The summed E-state index contributed by atoms with van der Waals surface area (Å²) >= 11 is 3.57. The predicted molar refractivity (Wildman–Crippen MR) is 123 cm³/mol. The lowest BCUT2D eigenvalue weighted by Gasteiger charge is -2.17. The van der Waals surface area contributed by atoms with Crippen molar-refractivity contribution >= 4 is 55.6 Å². The van der Waals surface area contributed by atoms with Gasteiger partial charge in [-0.3, -0.25) is 4.98 Å². The molecule has 0 aliphatic rings. The zero-order valence-corrected chi connectivity index (χ0v) is 17.8. The quantitative estimate of drug-likeness (QED) is 0.361. The lowest BCUT2D eigenvalue weighted by atomic mass is 10.2. The second-order valence-corrected chi connectivity index (χ2v) is 8.63. The number of anilines is 2. The number of hydrogen-bond donors (Lipinski definition) is 1. The average Bonchev–Trinajstić information content (AvgIpc) is 3.19. The maximum atomic E-state index is 4.53. The molecule has 4 rings (SSSR count). The molecule has 0 saturated carbocycles. The third-order valence-electron chi connectivity index (χ3n) is 4.89. The largest absolute Gasteiger partial charge is 0.355 e. The fourth-order valence-electron chi connectivity index (χ4n) is 3.25. The van der Waals surface area contributed by atoms with E-state index in [2.05, 4.69) is 70.4 Å². The van der Waals surface area contributed by atoms with Crippen LogP contribution in [0.25, 0.3) is 21.1 Å². The number of hydrogen-bond acceptors (Lipinski definition) is 6. The summed E-state index contributed by atoms with van der Waals surface area (Å²) in [5.41, 5.74) is 6.04. The Morgan fingerprint density at radius 3 is 2.75 bits per heavy atom. The van der Waals surface area contributed by atoms with E-state index in [1.807, 2.05) is 29.5 Å². The number of thiazole rings is 1. The first-order valence-corrected chi connectivity index (χ1v) is 11.5. The molecule has 0 spiro atoms. The van der Waals surface area contributed by atoms with Gasteiger partial charge in [0, 0.05) is 40.2 Å². The molecule has 28 heavy (non-hydrogen) atoms. The molecule has 0 unspecified atom stereocenters. The molecule has 0 amide bonds. The predicted octanol–water partition coefficient (Wildman–Crippen LogP) is 6.02. The Balaban J connectivity index is 1.55. The second kappa shape index (κ2) is 8.90. The molecular weight excluding hydrogens is 384 g/mol. The second-order valence-electron chi connectivity index (χ2n) is 6.57. The Morgan fingerprint density at radius 1 is 1.00 bits per heavy atom. The van der Waals surface area contributed by atoms with Gasteiger partial charge < -0.3 is 10.2 Å². The Bertz CT molecular complexity index is 1070. The van der Waals surface area contributed by atoms with Gasteiger partial charge in [0.1, 0.15) is 0 Å². The van der Waals surface area contributed by atoms with Gasteiger partial charge in [-0.1, -0.05) is 13.8 Å². The fourth-order valence-corrected chi connectivity index (χ4v) is 4.86. The molecule has 0 atom stereocenters. The summed E-state index contributed by atoms with van der Waals surface area (Å²) in [7, 11) is 0. The van der Waals surface area contributed by atoms with Gasteiger partial charge in [0.25, 0.3) is 0 Å². The number of thioether (sulfide) groups is 1. The summed E-state index contributed by atoms with van der Waals surface area (Å²) in [5, 5.41) is 4.70. The van der Waals surface area contributed by atoms with Gasteiger partial charge in [0.15, 0.2) is 0 Å². The van der Waals surface area contributed by atoms with E-state index in [9.17, 15) is 0 Å². The van der Waals surface area contributed by atoms with Crippen LogP contribution in [-0.2, 0) is 0 Å². The van der Waals surface area contributed by atoms with E-state index < -0.39 is 0 Å². The fraction of sp³-hybridized carbons (Fsp3) is 0.273. The topological polar surface area (TPSA) is 41.1 Å². The minimum absolute atomic E-state index is 1.01. The van der Waals surface area contributed by atoms with E-state index in [0.29, 0.717) is 0 Å². The van der Waals surface area contributed by atoms with E-state index in [-0.39, 0.29) is 0 Å². The van der Waals surface area contributed by atoms with E-state index >= 15 is 0 Å². The molecule has 4 aromatic rings. The van der Waals surface area contributed by atoms with Crippen LogP contribution < -0.4 is 5.32 Å². The molecule has 0 bridgehead atoms. The maximum Gasteiger partial charge on any atom is 0.0832 e. The van der Waals surface area contributed by atoms with Gasteiger partial charge in [0.05, 0.1) is 21.2 Å². The highest BCUT2D eigenvalue weighted by atomic mass is 32.2. The highest BCUT2D eigenvalue weighted by Gasteiger charge is 2.07. The van der Waals surface area contributed by atoms with E-state index in [1.165, 1.54) is 9.60 Å². The molecule has 2 aromatic heterocycles. The monoisotopic (exact) mass is 408 g/mol. The summed E-state index contributed by atoms with van der Waals surface area (Å²) in [6, 6.07) is 14.9. The first kappa shape index (κ1) is 19.2. The number of benzene rings is 2. The van der Waals surface area contributed by atoms with Crippen LogP contribution in [0.15, 0.2) is 59.1 Å². The molecule has 4 nitrogen and oxygen atoms in total. The molecule has 0 fully saturated rings. The standard InChI is InChI=1S/C22H24N4S2/c1-3-26(4-2)11-12-27-17-6-7-19-18(14-17)20(9-10-23-19)25-16-5-8-22-21(13-16)24-15-28-22/h5-10,13-15H,3-4,11-12H2,1-2H3,(H,23,25). The van der Waals surface area contributed by atoms with Crippen LogP contribution in [0.4, 0.5) is 11.4 Å². The van der Waals surface area contributed by atoms with Crippen LogP contribution in [-0.4, -0.2) is 40.3 Å². The minimum Gasteiger partial charge on any atom is -0.355 e. The lowest BCUT2D eigenvalue weighted by molar-refractivity contribution is 0.324. The molecule has 0 aliphatic carbocycles. The number of nitrogens with zero attached hydrogens (tertiary/aromatic N) is 3. The molecule has 144 valence electrons. The van der Waals surface area contributed by atoms with Gasteiger partial charge in [0.2, 0.25) is 0 Å². The highest BCUT2D eigenvalue weighted by molar-refractivity contribution is 7.99. The molecule has 6 heteroatoms. The summed E-state index contributed by atoms with van der Waals surface area (Å²) < 4.78 is 1.21. The van der Waals surface area contributed by atoms with Crippen molar-refractivity contribution in [3.63, 3.8) is 0 Å². The zero-order chi connectivity index (χ0) is 19.3. The SMILES string of the molecule is CCN(CC)CCSc1ccc2nccc(Nc3ccc4scnc4c3)c2c1. The highest BCUT2D eigenvalue weighted by Crippen LogP contribution is 2.30. The number of rotatable bonds is 8. The van der Waals surface area contributed by atoms with Crippen molar-refractivity contribution in [1.82, 2.24) is 14.9 Å². The summed E-state index contributed by atoms with van der Waals surface area (Å²) in [6.45, 7) is 7.77. The van der Waals surface area contributed by atoms with Crippen molar-refractivity contribution in [3.05, 3.63) is 54.2 Å². The van der Waals surface area contributed by atoms with Gasteiger partial charge in [-0.15, -0.1) is 23.1 Å². The van der Waals surface area contributed by atoms with E-state index in [0.717, 1.165) is 53.2 Å². The first-order chi connectivity index (χ1) is 13.8. The normalized spacial score (nSPS) is 11.5. The third-order valence-corrected chi connectivity index (χ3v) is 6.68. The number of pyridine rings is 1. The summed E-state index contributed by atoms with van der Waals surface area (Å²) in [6.07, 6.45) is 1.86. The lowest BCUT2D eigenvalue weighted by Crippen LogP contribution is -2.25.